The number of pyridine rings is 1. The first-order valence-electron chi connectivity index (χ1n) is 9.02. The third kappa shape index (κ3) is 2.92. The lowest BCUT2D eigenvalue weighted by Gasteiger charge is -2.43. The Hall–Kier alpha value is -2.93. The summed E-state index contributed by atoms with van der Waals surface area (Å²) in [6.45, 7) is 0.790. The Bertz CT molecular complexity index is 952. The fourth-order valence-corrected chi connectivity index (χ4v) is 4.19. The molecule has 7 nitrogen and oxygen atoms in total. The number of fused-ring (bicyclic) bond motifs is 2. The maximum atomic E-state index is 12.6. The van der Waals surface area contributed by atoms with E-state index in [2.05, 4.69) is 10.3 Å². The lowest BCUT2D eigenvalue weighted by molar-refractivity contribution is -0.144. The minimum absolute atomic E-state index is 0.00179. The molecule has 144 valence electrons. The number of benzene rings is 1. The van der Waals surface area contributed by atoms with Gasteiger partial charge in [-0.15, -0.1) is 0 Å². The Morgan fingerprint density at radius 1 is 1.14 bits per heavy atom. The van der Waals surface area contributed by atoms with Crippen molar-refractivity contribution in [3.05, 3.63) is 58.7 Å². The van der Waals surface area contributed by atoms with Gasteiger partial charge >= 0.3 is 11.8 Å². The number of hydrogen-bond acceptors (Lipinski definition) is 4. The summed E-state index contributed by atoms with van der Waals surface area (Å²) in [6, 6.07) is 10.7. The number of carbonyl (C=O) groups excluding carboxylic acids is 3. The van der Waals surface area contributed by atoms with E-state index >= 15 is 0 Å². The van der Waals surface area contributed by atoms with Gasteiger partial charge in [0.2, 0.25) is 0 Å². The van der Waals surface area contributed by atoms with Crippen molar-refractivity contribution < 1.29 is 14.4 Å². The first-order valence-corrected chi connectivity index (χ1v) is 9.40. The predicted octanol–water partition coefficient (Wildman–Crippen LogP) is 2.28. The third-order valence-corrected chi connectivity index (χ3v) is 5.87. The predicted molar refractivity (Wildman–Crippen MR) is 104 cm³/mol. The highest BCUT2D eigenvalue weighted by molar-refractivity contribution is 6.39. The molecule has 1 saturated heterocycles. The molecule has 28 heavy (non-hydrogen) atoms. The molecule has 1 fully saturated rings. The van der Waals surface area contributed by atoms with Crippen LogP contribution in [0.5, 0.6) is 0 Å². The van der Waals surface area contributed by atoms with Crippen LogP contribution >= 0.6 is 11.6 Å². The van der Waals surface area contributed by atoms with Crippen molar-refractivity contribution in [3.8, 4) is 0 Å². The number of rotatable bonds is 1. The molecule has 8 heteroatoms. The molecule has 4 rings (SSSR count). The maximum Gasteiger partial charge on any atom is 0.315 e. The van der Waals surface area contributed by atoms with Crippen molar-refractivity contribution in [1.29, 1.82) is 0 Å². The van der Waals surface area contributed by atoms with Crippen LogP contribution in [-0.4, -0.2) is 52.6 Å². The summed E-state index contributed by atoms with van der Waals surface area (Å²) < 4.78 is 0. The van der Waals surface area contributed by atoms with Gasteiger partial charge in [-0.3, -0.25) is 14.4 Å². The summed E-state index contributed by atoms with van der Waals surface area (Å²) in [5, 5.41) is 2.94. The van der Waals surface area contributed by atoms with E-state index in [0.29, 0.717) is 31.0 Å². The number of likely N-dealkylation sites (tertiary alicyclic amines) is 1. The number of halogens is 1. The molecule has 0 atom stereocenters. The number of nitrogens with one attached hydrogen (secondary N) is 1. The molecular weight excluding hydrogens is 380 g/mol. The molecule has 0 aliphatic carbocycles. The average Bonchev–Trinajstić information content (AvgIpc) is 2.92. The zero-order chi connectivity index (χ0) is 19.9. The topological polar surface area (TPSA) is 82.6 Å². The van der Waals surface area contributed by atoms with Crippen LogP contribution in [0.25, 0.3) is 0 Å². The van der Waals surface area contributed by atoms with Gasteiger partial charge in [0.25, 0.3) is 5.91 Å². The SMILES string of the molecule is CN1C(=O)c2ccccc2C12CCN(C(=O)C(=O)Nc1ccc(Cl)cn1)CC2. The average molecular weight is 399 g/mol. The number of anilines is 1. The Labute approximate surface area is 167 Å². The maximum absolute atomic E-state index is 12.6. The van der Waals surface area contributed by atoms with Gasteiger partial charge in [-0.25, -0.2) is 4.98 Å². The van der Waals surface area contributed by atoms with Crippen LogP contribution in [0.15, 0.2) is 42.6 Å². The Morgan fingerprint density at radius 2 is 1.86 bits per heavy atom. The molecular formula is C20H19ClN4O3. The van der Waals surface area contributed by atoms with E-state index in [1.165, 1.54) is 17.2 Å². The quantitative estimate of drug-likeness (QED) is 0.747. The number of piperidine rings is 1. The first kappa shape index (κ1) is 18.4. The van der Waals surface area contributed by atoms with Crippen molar-refractivity contribution in [3.63, 3.8) is 0 Å². The van der Waals surface area contributed by atoms with Gasteiger partial charge in [0.1, 0.15) is 5.82 Å². The van der Waals surface area contributed by atoms with Gasteiger partial charge in [-0.1, -0.05) is 29.8 Å². The van der Waals surface area contributed by atoms with Gasteiger partial charge in [0.15, 0.2) is 0 Å². The van der Waals surface area contributed by atoms with Crippen molar-refractivity contribution in [1.82, 2.24) is 14.8 Å². The monoisotopic (exact) mass is 398 g/mol. The van der Waals surface area contributed by atoms with Crippen molar-refractivity contribution >= 4 is 35.1 Å². The summed E-state index contributed by atoms with van der Waals surface area (Å²) in [6.07, 6.45) is 2.58. The van der Waals surface area contributed by atoms with E-state index in [9.17, 15) is 14.4 Å². The number of carbonyl (C=O) groups is 3. The molecule has 3 heterocycles. The second kappa shape index (κ2) is 6.91. The van der Waals surface area contributed by atoms with Crippen LogP contribution in [0.1, 0.15) is 28.8 Å². The second-order valence-corrected chi connectivity index (χ2v) is 7.49. The number of aromatic nitrogens is 1. The van der Waals surface area contributed by atoms with Crippen molar-refractivity contribution in [2.24, 2.45) is 0 Å². The number of hydrogen-bond donors (Lipinski definition) is 1. The highest BCUT2D eigenvalue weighted by Gasteiger charge is 2.49. The van der Waals surface area contributed by atoms with E-state index in [0.717, 1.165) is 11.1 Å². The molecule has 0 radical (unpaired) electrons. The molecule has 1 aromatic heterocycles. The number of amides is 3. The zero-order valence-corrected chi connectivity index (χ0v) is 16.1. The van der Waals surface area contributed by atoms with Gasteiger partial charge < -0.3 is 15.1 Å². The van der Waals surface area contributed by atoms with E-state index in [1.807, 2.05) is 24.3 Å². The minimum atomic E-state index is -0.734. The summed E-state index contributed by atoms with van der Waals surface area (Å²) in [7, 11) is 1.80. The van der Waals surface area contributed by atoms with Crippen molar-refractivity contribution in [2.75, 3.05) is 25.5 Å². The lowest BCUT2D eigenvalue weighted by atomic mass is 9.81. The van der Waals surface area contributed by atoms with E-state index in [1.54, 1.807) is 18.0 Å². The Morgan fingerprint density at radius 3 is 2.54 bits per heavy atom. The smallest absolute Gasteiger partial charge is 0.315 e. The Kier molecular flexibility index (Phi) is 4.55. The van der Waals surface area contributed by atoms with E-state index < -0.39 is 17.4 Å². The highest BCUT2D eigenvalue weighted by Crippen LogP contribution is 2.45. The molecule has 2 aromatic rings. The van der Waals surface area contributed by atoms with Crippen LogP contribution in [-0.2, 0) is 15.1 Å². The molecule has 2 aliphatic heterocycles. The standard InChI is InChI=1S/C20H19ClN4O3/c1-24-18(27)14-4-2-3-5-15(14)20(24)8-10-25(11-9-20)19(28)17(26)23-16-7-6-13(21)12-22-16/h2-7,12H,8-11H2,1H3,(H,22,23,26). The molecule has 3 amide bonds. The fourth-order valence-electron chi connectivity index (χ4n) is 4.08. The van der Waals surface area contributed by atoms with Crippen LogP contribution in [0, 0.1) is 0 Å². The highest BCUT2D eigenvalue weighted by atomic mass is 35.5. The van der Waals surface area contributed by atoms with Gasteiger partial charge in [-0.05, 0) is 36.6 Å². The van der Waals surface area contributed by atoms with Gasteiger partial charge in [0.05, 0.1) is 10.6 Å². The van der Waals surface area contributed by atoms with Gasteiger partial charge in [-0.2, -0.15) is 0 Å². The Balaban J connectivity index is 1.45. The number of nitrogens with zero attached hydrogens (tertiary/aromatic N) is 3. The van der Waals surface area contributed by atoms with E-state index in [-0.39, 0.29) is 11.7 Å². The molecule has 1 aromatic carbocycles. The summed E-state index contributed by atoms with van der Waals surface area (Å²) in [4.78, 5) is 44.7. The molecule has 1 N–H and O–H groups in total. The summed E-state index contributed by atoms with van der Waals surface area (Å²) in [5.41, 5.74) is 1.30. The van der Waals surface area contributed by atoms with Crippen LogP contribution in [0.2, 0.25) is 5.02 Å². The summed E-state index contributed by atoms with van der Waals surface area (Å²) in [5.74, 6) is -1.07. The van der Waals surface area contributed by atoms with Crippen LogP contribution in [0.3, 0.4) is 0 Å². The second-order valence-electron chi connectivity index (χ2n) is 7.05. The molecule has 0 unspecified atom stereocenters. The molecule has 0 bridgehead atoms. The molecule has 1 spiro atoms. The largest absolute Gasteiger partial charge is 0.334 e. The fraction of sp³-hybridized carbons (Fsp3) is 0.300. The lowest BCUT2D eigenvalue weighted by Crippen LogP contribution is -2.53. The molecule has 2 aliphatic rings. The van der Waals surface area contributed by atoms with Crippen LogP contribution in [0.4, 0.5) is 5.82 Å². The van der Waals surface area contributed by atoms with E-state index in [4.69, 9.17) is 11.6 Å². The van der Waals surface area contributed by atoms with Gasteiger partial charge in [0, 0.05) is 31.9 Å². The third-order valence-electron chi connectivity index (χ3n) is 5.65. The van der Waals surface area contributed by atoms with Crippen molar-refractivity contribution in [2.45, 2.75) is 18.4 Å². The first-order chi connectivity index (χ1) is 13.4. The minimum Gasteiger partial charge on any atom is -0.334 e. The molecule has 0 saturated carbocycles. The van der Waals surface area contributed by atoms with Crippen LogP contribution < -0.4 is 5.32 Å². The zero-order valence-electron chi connectivity index (χ0n) is 15.3. The summed E-state index contributed by atoms with van der Waals surface area (Å²) >= 11 is 5.77. The normalized spacial score (nSPS) is 17.6.